The first-order valence-corrected chi connectivity index (χ1v) is 8.35. The molecule has 1 aliphatic heterocycles. The second-order valence-electron chi connectivity index (χ2n) is 5.82. The summed E-state index contributed by atoms with van der Waals surface area (Å²) in [4.78, 5) is 24.6. The molecule has 0 radical (unpaired) electrons. The standard InChI is InChI=1S/C18H21FN4O2/c1-3-25-17(24)14-12-20-18(21-13(14)2)23-10-8-22(9-11-23)16-7-5-4-6-15(16)19/h4-7,12H,3,8-11H2,1-2H3. The summed E-state index contributed by atoms with van der Waals surface area (Å²) in [7, 11) is 0. The van der Waals surface area contributed by atoms with E-state index in [-0.39, 0.29) is 5.82 Å². The Morgan fingerprint density at radius 2 is 1.88 bits per heavy atom. The molecule has 25 heavy (non-hydrogen) atoms. The van der Waals surface area contributed by atoms with Gasteiger partial charge in [-0.3, -0.25) is 0 Å². The predicted octanol–water partition coefficient (Wildman–Crippen LogP) is 2.43. The Bertz CT molecular complexity index is 760. The average Bonchev–Trinajstić information content (AvgIpc) is 2.62. The molecular formula is C18H21FN4O2. The first kappa shape index (κ1) is 17.1. The molecule has 1 aromatic carbocycles. The summed E-state index contributed by atoms with van der Waals surface area (Å²) < 4.78 is 18.9. The largest absolute Gasteiger partial charge is 0.462 e. The maximum atomic E-state index is 13.9. The number of ether oxygens (including phenoxy) is 1. The van der Waals surface area contributed by atoms with E-state index in [4.69, 9.17) is 4.74 Å². The second kappa shape index (κ2) is 7.46. The number of aromatic nitrogens is 2. The lowest BCUT2D eigenvalue weighted by Gasteiger charge is -2.36. The van der Waals surface area contributed by atoms with Crippen molar-refractivity contribution in [2.45, 2.75) is 13.8 Å². The lowest BCUT2D eigenvalue weighted by Crippen LogP contribution is -2.47. The third-order valence-corrected chi connectivity index (χ3v) is 4.22. The molecular weight excluding hydrogens is 323 g/mol. The zero-order valence-corrected chi connectivity index (χ0v) is 14.4. The van der Waals surface area contributed by atoms with Gasteiger partial charge in [-0.15, -0.1) is 0 Å². The Kier molecular flexibility index (Phi) is 5.11. The van der Waals surface area contributed by atoms with E-state index in [0.29, 0.717) is 55.7 Å². The van der Waals surface area contributed by atoms with Crippen molar-refractivity contribution < 1.29 is 13.9 Å². The van der Waals surface area contributed by atoms with Crippen LogP contribution < -0.4 is 9.80 Å². The first-order chi connectivity index (χ1) is 12.1. The number of aryl methyl sites for hydroxylation is 1. The normalized spacial score (nSPS) is 14.5. The Balaban J connectivity index is 1.68. The second-order valence-corrected chi connectivity index (χ2v) is 5.82. The summed E-state index contributed by atoms with van der Waals surface area (Å²) in [6.45, 7) is 6.59. The van der Waals surface area contributed by atoms with Gasteiger partial charge in [0.25, 0.3) is 0 Å². The van der Waals surface area contributed by atoms with E-state index >= 15 is 0 Å². The molecule has 1 fully saturated rings. The van der Waals surface area contributed by atoms with E-state index in [1.165, 1.54) is 12.3 Å². The number of rotatable bonds is 4. The van der Waals surface area contributed by atoms with Crippen molar-refractivity contribution in [1.29, 1.82) is 0 Å². The molecule has 6 nitrogen and oxygen atoms in total. The van der Waals surface area contributed by atoms with Gasteiger partial charge in [0, 0.05) is 32.4 Å². The van der Waals surface area contributed by atoms with Crippen LogP contribution in [0.3, 0.4) is 0 Å². The number of nitrogens with zero attached hydrogens (tertiary/aromatic N) is 4. The number of para-hydroxylation sites is 1. The van der Waals surface area contributed by atoms with Crippen molar-refractivity contribution in [2.24, 2.45) is 0 Å². The summed E-state index contributed by atoms with van der Waals surface area (Å²) in [5.41, 5.74) is 1.60. The molecule has 2 aromatic rings. The molecule has 0 spiro atoms. The van der Waals surface area contributed by atoms with Crippen molar-refractivity contribution in [3.8, 4) is 0 Å². The molecule has 1 aromatic heterocycles. The van der Waals surface area contributed by atoms with Crippen molar-refractivity contribution >= 4 is 17.6 Å². The van der Waals surface area contributed by atoms with E-state index < -0.39 is 5.97 Å². The number of hydrogen-bond donors (Lipinski definition) is 0. The lowest BCUT2D eigenvalue weighted by molar-refractivity contribution is 0.0524. The fourth-order valence-corrected chi connectivity index (χ4v) is 2.87. The molecule has 7 heteroatoms. The molecule has 3 rings (SSSR count). The predicted molar refractivity (Wildman–Crippen MR) is 93.6 cm³/mol. The molecule has 1 saturated heterocycles. The maximum absolute atomic E-state index is 13.9. The number of anilines is 2. The molecule has 0 saturated carbocycles. The van der Waals surface area contributed by atoms with E-state index in [2.05, 4.69) is 9.97 Å². The maximum Gasteiger partial charge on any atom is 0.341 e. The average molecular weight is 344 g/mol. The van der Waals surface area contributed by atoms with Crippen LogP contribution in [0.15, 0.2) is 30.5 Å². The minimum absolute atomic E-state index is 0.207. The van der Waals surface area contributed by atoms with Crippen molar-refractivity contribution in [2.75, 3.05) is 42.6 Å². The number of carbonyl (C=O) groups is 1. The molecule has 0 N–H and O–H groups in total. The summed E-state index contributed by atoms with van der Waals surface area (Å²) in [6.07, 6.45) is 1.51. The Hall–Kier alpha value is -2.70. The molecule has 0 amide bonds. The smallest absolute Gasteiger partial charge is 0.341 e. The van der Waals surface area contributed by atoms with Crippen molar-refractivity contribution in [3.63, 3.8) is 0 Å². The summed E-state index contributed by atoms with van der Waals surface area (Å²) >= 11 is 0. The van der Waals surface area contributed by atoms with Gasteiger partial charge in [0.1, 0.15) is 5.82 Å². The van der Waals surface area contributed by atoms with Crippen LogP contribution in [-0.2, 0) is 4.74 Å². The van der Waals surface area contributed by atoms with E-state index in [1.807, 2.05) is 15.9 Å². The topological polar surface area (TPSA) is 58.6 Å². The molecule has 132 valence electrons. The Morgan fingerprint density at radius 1 is 1.20 bits per heavy atom. The quantitative estimate of drug-likeness (QED) is 0.794. The molecule has 1 aliphatic rings. The Labute approximate surface area is 146 Å². The highest BCUT2D eigenvalue weighted by molar-refractivity contribution is 5.90. The van der Waals surface area contributed by atoms with Gasteiger partial charge in [0.15, 0.2) is 0 Å². The lowest BCUT2D eigenvalue weighted by atomic mass is 10.2. The van der Waals surface area contributed by atoms with Gasteiger partial charge < -0.3 is 14.5 Å². The van der Waals surface area contributed by atoms with E-state index in [9.17, 15) is 9.18 Å². The number of esters is 1. The number of piperazine rings is 1. The number of halogens is 1. The third-order valence-electron chi connectivity index (χ3n) is 4.22. The van der Waals surface area contributed by atoms with Crippen LogP contribution in [0.5, 0.6) is 0 Å². The van der Waals surface area contributed by atoms with Crippen LogP contribution >= 0.6 is 0 Å². The number of hydrogen-bond acceptors (Lipinski definition) is 6. The highest BCUT2D eigenvalue weighted by Crippen LogP contribution is 2.21. The summed E-state index contributed by atoms with van der Waals surface area (Å²) in [6, 6.07) is 6.80. The molecule has 0 unspecified atom stereocenters. The third kappa shape index (κ3) is 3.70. The summed E-state index contributed by atoms with van der Waals surface area (Å²) in [5.74, 6) is -0.0310. The monoisotopic (exact) mass is 344 g/mol. The van der Waals surface area contributed by atoms with E-state index in [0.717, 1.165) is 0 Å². The molecule has 0 aliphatic carbocycles. The van der Waals surface area contributed by atoms with Gasteiger partial charge >= 0.3 is 5.97 Å². The van der Waals surface area contributed by atoms with Crippen LogP contribution in [0.4, 0.5) is 16.0 Å². The van der Waals surface area contributed by atoms with Gasteiger partial charge in [-0.05, 0) is 26.0 Å². The van der Waals surface area contributed by atoms with Crippen LogP contribution in [0, 0.1) is 12.7 Å². The van der Waals surface area contributed by atoms with Crippen LogP contribution in [0.1, 0.15) is 23.0 Å². The minimum Gasteiger partial charge on any atom is -0.462 e. The Morgan fingerprint density at radius 3 is 2.52 bits per heavy atom. The molecule has 0 atom stereocenters. The van der Waals surface area contributed by atoms with Gasteiger partial charge in [-0.1, -0.05) is 12.1 Å². The highest BCUT2D eigenvalue weighted by atomic mass is 19.1. The fourth-order valence-electron chi connectivity index (χ4n) is 2.87. The van der Waals surface area contributed by atoms with Crippen molar-refractivity contribution in [3.05, 3.63) is 47.5 Å². The van der Waals surface area contributed by atoms with Crippen molar-refractivity contribution in [1.82, 2.24) is 9.97 Å². The van der Waals surface area contributed by atoms with Gasteiger partial charge in [0.05, 0.1) is 23.6 Å². The zero-order chi connectivity index (χ0) is 17.8. The zero-order valence-electron chi connectivity index (χ0n) is 14.4. The fraction of sp³-hybridized carbons (Fsp3) is 0.389. The number of benzene rings is 1. The number of carbonyl (C=O) groups excluding carboxylic acids is 1. The molecule has 0 bridgehead atoms. The SMILES string of the molecule is CCOC(=O)c1cnc(N2CCN(c3ccccc3F)CC2)nc1C. The van der Waals surface area contributed by atoms with Gasteiger partial charge in [0.2, 0.25) is 5.95 Å². The van der Waals surface area contributed by atoms with E-state index in [1.54, 1.807) is 26.0 Å². The van der Waals surface area contributed by atoms with Crippen LogP contribution in [0.2, 0.25) is 0 Å². The summed E-state index contributed by atoms with van der Waals surface area (Å²) in [5, 5.41) is 0. The van der Waals surface area contributed by atoms with Gasteiger partial charge in [-0.2, -0.15) is 0 Å². The first-order valence-electron chi connectivity index (χ1n) is 8.35. The van der Waals surface area contributed by atoms with Gasteiger partial charge in [-0.25, -0.2) is 19.2 Å². The minimum atomic E-state index is -0.407. The highest BCUT2D eigenvalue weighted by Gasteiger charge is 2.22. The van der Waals surface area contributed by atoms with Crippen LogP contribution in [-0.4, -0.2) is 48.7 Å². The molecule has 2 heterocycles. The van der Waals surface area contributed by atoms with Crippen LogP contribution in [0.25, 0.3) is 0 Å².